The van der Waals surface area contributed by atoms with Crippen molar-refractivity contribution in [2.24, 2.45) is 0 Å². The van der Waals surface area contributed by atoms with E-state index in [0.717, 1.165) is 0 Å². The molecule has 1 atom stereocenters. The Labute approximate surface area is 127 Å². The van der Waals surface area contributed by atoms with Crippen molar-refractivity contribution in [3.8, 4) is 5.75 Å². The second kappa shape index (κ2) is 6.58. The molecule has 7 heteroatoms. The zero-order chi connectivity index (χ0) is 15.4. The van der Waals surface area contributed by atoms with Gasteiger partial charge in [-0.2, -0.15) is 0 Å². The Kier molecular flexibility index (Phi) is 4.80. The van der Waals surface area contributed by atoms with E-state index in [-0.39, 0.29) is 13.2 Å². The Balaban J connectivity index is 2.03. The zero-order valence-electron chi connectivity index (χ0n) is 11.5. The molecule has 1 heterocycles. The van der Waals surface area contributed by atoms with Crippen molar-refractivity contribution in [2.45, 2.75) is 19.4 Å². The van der Waals surface area contributed by atoms with E-state index in [2.05, 4.69) is 5.32 Å². The van der Waals surface area contributed by atoms with Crippen molar-refractivity contribution >= 4 is 29.3 Å². The van der Waals surface area contributed by atoms with E-state index in [1.165, 1.54) is 4.90 Å². The first-order valence-electron chi connectivity index (χ1n) is 6.53. The van der Waals surface area contributed by atoms with E-state index in [1.54, 1.807) is 31.2 Å². The van der Waals surface area contributed by atoms with Gasteiger partial charge in [-0.05, 0) is 18.6 Å². The Hall–Kier alpha value is -2.08. The number of carbonyl (C=O) groups is 3. The number of hydrogen-bond acceptors (Lipinski definition) is 4. The van der Waals surface area contributed by atoms with Gasteiger partial charge in [-0.25, -0.2) is 0 Å². The van der Waals surface area contributed by atoms with Gasteiger partial charge in [0, 0.05) is 0 Å². The van der Waals surface area contributed by atoms with E-state index in [9.17, 15) is 14.4 Å². The smallest absolute Gasteiger partial charge is 0.261 e. The normalized spacial score (nSPS) is 18.4. The average molecular weight is 311 g/mol. The quantitative estimate of drug-likeness (QED) is 0.841. The number of piperazine rings is 1. The number of imide groups is 1. The third-order valence-electron chi connectivity index (χ3n) is 3.15. The van der Waals surface area contributed by atoms with Crippen molar-refractivity contribution in [2.75, 3.05) is 13.2 Å². The van der Waals surface area contributed by atoms with Gasteiger partial charge in [0.1, 0.15) is 18.3 Å². The lowest BCUT2D eigenvalue weighted by Crippen LogP contribution is -2.60. The maximum absolute atomic E-state index is 12.2. The molecule has 0 saturated carbocycles. The number of benzene rings is 1. The summed E-state index contributed by atoms with van der Waals surface area (Å²) >= 11 is 5.93. The van der Waals surface area contributed by atoms with E-state index >= 15 is 0 Å². The van der Waals surface area contributed by atoms with Crippen LogP contribution in [0.15, 0.2) is 24.3 Å². The molecule has 0 aliphatic carbocycles. The summed E-state index contributed by atoms with van der Waals surface area (Å²) in [5.74, 6) is -0.992. The maximum Gasteiger partial charge on any atom is 0.261 e. The fourth-order valence-electron chi connectivity index (χ4n) is 2.12. The molecule has 1 unspecified atom stereocenters. The van der Waals surface area contributed by atoms with Gasteiger partial charge in [0.2, 0.25) is 11.8 Å². The topological polar surface area (TPSA) is 75.7 Å². The van der Waals surface area contributed by atoms with Crippen LogP contribution >= 0.6 is 11.6 Å². The highest BCUT2D eigenvalue weighted by Gasteiger charge is 2.35. The van der Waals surface area contributed by atoms with Crippen LogP contribution in [0.1, 0.15) is 13.3 Å². The minimum absolute atomic E-state index is 0.144. The van der Waals surface area contributed by atoms with Crippen LogP contribution in [0.3, 0.4) is 0 Å². The number of carbonyl (C=O) groups excluding carboxylic acids is 3. The molecule has 1 saturated heterocycles. The summed E-state index contributed by atoms with van der Waals surface area (Å²) in [4.78, 5) is 36.5. The lowest BCUT2D eigenvalue weighted by Gasteiger charge is -2.33. The Morgan fingerprint density at radius 2 is 2.14 bits per heavy atom. The van der Waals surface area contributed by atoms with Crippen molar-refractivity contribution in [3.63, 3.8) is 0 Å². The van der Waals surface area contributed by atoms with Gasteiger partial charge in [0.05, 0.1) is 5.02 Å². The molecule has 0 spiro atoms. The lowest BCUT2D eigenvalue weighted by molar-refractivity contribution is -0.151. The minimum atomic E-state index is -0.648. The summed E-state index contributed by atoms with van der Waals surface area (Å²) in [6, 6.07) is 6.12. The van der Waals surface area contributed by atoms with Gasteiger partial charge in [0.25, 0.3) is 5.91 Å². The molecule has 0 radical (unpaired) electrons. The molecular formula is C14H15ClN2O4. The molecule has 1 aliphatic rings. The Morgan fingerprint density at radius 3 is 2.81 bits per heavy atom. The Bertz CT molecular complexity index is 576. The van der Waals surface area contributed by atoms with Crippen molar-refractivity contribution < 1.29 is 19.1 Å². The van der Waals surface area contributed by atoms with Crippen molar-refractivity contribution in [3.05, 3.63) is 29.3 Å². The number of ether oxygens (including phenoxy) is 1. The fourth-order valence-corrected chi connectivity index (χ4v) is 2.31. The third-order valence-corrected chi connectivity index (χ3v) is 3.46. The summed E-state index contributed by atoms with van der Waals surface area (Å²) < 4.78 is 5.35. The summed E-state index contributed by atoms with van der Waals surface area (Å²) in [7, 11) is 0. The summed E-state index contributed by atoms with van der Waals surface area (Å²) in [6.45, 7) is 1.35. The number of nitrogens with zero attached hydrogens (tertiary/aromatic N) is 1. The van der Waals surface area contributed by atoms with Crippen molar-refractivity contribution in [1.82, 2.24) is 10.2 Å². The number of nitrogens with one attached hydrogen (secondary N) is 1. The van der Waals surface area contributed by atoms with Crippen LogP contribution in [0.4, 0.5) is 0 Å². The van der Waals surface area contributed by atoms with Crippen LogP contribution < -0.4 is 10.1 Å². The van der Waals surface area contributed by atoms with Gasteiger partial charge < -0.3 is 9.64 Å². The largest absolute Gasteiger partial charge is 0.482 e. The third kappa shape index (κ3) is 3.52. The van der Waals surface area contributed by atoms with Crippen LogP contribution in [0.2, 0.25) is 5.02 Å². The molecule has 1 aromatic rings. The molecule has 112 valence electrons. The average Bonchev–Trinajstić information content (AvgIpc) is 2.45. The highest BCUT2D eigenvalue weighted by atomic mass is 35.5. The molecule has 1 N–H and O–H groups in total. The van der Waals surface area contributed by atoms with E-state index in [4.69, 9.17) is 16.3 Å². The zero-order valence-corrected chi connectivity index (χ0v) is 12.2. The second-order valence-corrected chi connectivity index (χ2v) is 4.98. The molecule has 6 nitrogen and oxygen atoms in total. The van der Waals surface area contributed by atoms with Crippen LogP contribution in [0.5, 0.6) is 5.75 Å². The summed E-state index contributed by atoms with van der Waals surface area (Å²) in [6.07, 6.45) is 0.428. The lowest BCUT2D eigenvalue weighted by atomic mass is 10.1. The van der Waals surface area contributed by atoms with Crippen LogP contribution in [0.25, 0.3) is 0 Å². The number of hydrogen-bond donors (Lipinski definition) is 1. The predicted molar refractivity (Wildman–Crippen MR) is 75.9 cm³/mol. The van der Waals surface area contributed by atoms with Gasteiger partial charge in [-0.1, -0.05) is 30.7 Å². The predicted octanol–water partition coefficient (Wildman–Crippen LogP) is 0.982. The van der Waals surface area contributed by atoms with Gasteiger partial charge in [0.15, 0.2) is 6.61 Å². The highest BCUT2D eigenvalue weighted by Crippen LogP contribution is 2.23. The number of amides is 3. The van der Waals surface area contributed by atoms with Crippen LogP contribution in [0, 0.1) is 0 Å². The molecular weight excluding hydrogens is 296 g/mol. The van der Waals surface area contributed by atoms with Crippen molar-refractivity contribution in [1.29, 1.82) is 0 Å². The summed E-state index contributed by atoms with van der Waals surface area (Å²) in [5.41, 5.74) is 0. The van der Waals surface area contributed by atoms with E-state index in [0.29, 0.717) is 17.2 Å². The van der Waals surface area contributed by atoms with E-state index < -0.39 is 23.8 Å². The molecule has 0 aromatic heterocycles. The second-order valence-electron chi connectivity index (χ2n) is 4.58. The fraction of sp³-hybridized carbons (Fsp3) is 0.357. The van der Waals surface area contributed by atoms with Gasteiger partial charge in [-0.15, -0.1) is 0 Å². The molecule has 3 amide bonds. The van der Waals surface area contributed by atoms with Gasteiger partial charge >= 0.3 is 0 Å². The first-order chi connectivity index (χ1) is 10.0. The number of halogens is 1. The molecule has 0 bridgehead atoms. The maximum atomic E-state index is 12.2. The molecule has 2 rings (SSSR count). The van der Waals surface area contributed by atoms with Crippen LogP contribution in [-0.4, -0.2) is 41.8 Å². The first kappa shape index (κ1) is 15.3. The van der Waals surface area contributed by atoms with Gasteiger partial charge in [-0.3, -0.25) is 19.7 Å². The minimum Gasteiger partial charge on any atom is -0.482 e. The molecule has 1 aromatic carbocycles. The van der Waals surface area contributed by atoms with E-state index in [1.807, 2.05) is 0 Å². The summed E-state index contributed by atoms with van der Waals surface area (Å²) in [5, 5.41) is 2.61. The SMILES string of the molecule is CCC1C(=O)NC(=O)CN1C(=O)COc1ccccc1Cl. The van der Waals surface area contributed by atoms with Crippen LogP contribution in [-0.2, 0) is 14.4 Å². The number of rotatable bonds is 4. The molecule has 21 heavy (non-hydrogen) atoms. The standard InChI is InChI=1S/C14H15ClN2O4/c1-2-10-14(20)16-12(18)7-17(10)13(19)8-21-11-6-4-3-5-9(11)15/h3-6,10H,2,7-8H2,1H3,(H,16,18,20). The Morgan fingerprint density at radius 1 is 1.43 bits per heavy atom. The highest BCUT2D eigenvalue weighted by molar-refractivity contribution is 6.32. The monoisotopic (exact) mass is 310 g/mol. The first-order valence-corrected chi connectivity index (χ1v) is 6.91. The molecule has 1 fully saturated rings. The molecule has 1 aliphatic heterocycles. The number of para-hydroxylation sites is 1.